The summed E-state index contributed by atoms with van der Waals surface area (Å²) in [7, 11) is 1.83. The van der Waals surface area contributed by atoms with E-state index in [4.69, 9.17) is 9.15 Å². The van der Waals surface area contributed by atoms with Gasteiger partial charge in [0.15, 0.2) is 5.78 Å². The Morgan fingerprint density at radius 1 is 1.31 bits per heavy atom. The van der Waals surface area contributed by atoms with Gasteiger partial charge in [0.1, 0.15) is 23.9 Å². The molecule has 0 spiro atoms. The summed E-state index contributed by atoms with van der Waals surface area (Å²) in [6.45, 7) is 4.03. The van der Waals surface area contributed by atoms with E-state index in [1.54, 1.807) is 10.8 Å². The van der Waals surface area contributed by atoms with Crippen LogP contribution in [0.5, 0.6) is 5.75 Å². The molecule has 0 aliphatic rings. The van der Waals surface area contributed by atoms with Gasteiger partial charge in [-0.05, 0) is 56.3 Å². The van der Waals surface area contributed by atoms with E-state index in [0.29, 0.717) is 23.7 Å². The third kappa shape index (κ3) is 4.14. The van der Waals surface area contributed by atoms with Crippen LogP contribution >= 0.6 is 15.9 Å². The molecule has 134 valence electrons. The van der Waals surface area contributed by atoms with Gasteiger partial charge < -0.3 is 9.15 Å². The van der Waals surface area contributed by atoms with Gasteiger partial charge in [-0.15, -0.1) is 0 Å². The highest BCUT2D eigenvalue weighted by atomic mass is 79.9. The van der Waals surface area contributed by atoms with Gasteiger partial charge in [0, 0.05) is 17.2 Å². The molecule has 0 N–H and O–H groups in total. The number of ketones is 1. The van der Waals surface area contributed by atoms with Crippen LogP contribution in [0, 0.1) is 13.8 Å². The summed E-state index contributed by atoms with van der Waals surface area (Å²) in [6, 6.07) is 11.3. The summed E-state index contributed by atoms with van der Waals surface area (Å²) in [5.74, 6) is 1.96. The Hall–Kier alpha value is -2.60. The predicted molar refractivity (Wildman–Crippen MR) is 103 cm³/mol. The maximum Gasteiger partial charge on any atom is 0.189 e. The SMILES string of the molecule is Cc1nn(C)c(C)c1C(=O)/C=C/c1ccc(COc2cccc(Br)c2)o1. The third-order valence-corrected chi connectivity index (χ3v) is 4.51. The molecular formula is C20H19BrN2O3. The quantitative estimate of drug-likeness (QED) is 0.426. The topological polar surface area (TPSA) is 57.3 Å². The second-order valence-electron chi connectivity index (χ2n) is 5.92. The number of hydrogen-bond donors (Lipinski definition) is 0. The van der Waals surface area contributed by atoms with E-state index in [1.807, 2.05) is 57.3 Å². The molecule has 0 saturated heterocycles. The van der Waals surface area contributed by atoms with Crippen molar-refractivity contribution in [3.63, 3.8) is 0 Å². The van der Waals surface area contributed by atoms with Crippen molar-refractivity contribution in [2.75, 3.05) is 0 Å². The number of nitrogens with zero attached hydrogens (tertiary/aromatic N) is 2. The molecule has 0 radical (unpaired) electrons. The number of benzene rings is 1. The van der Waals surface area contributed by atoms with E-state index in [-0.39, 0.29) is 5.78 Å². The summed E-state index contributed by atoms with van der Waals surface area (Å²) in [5, 5.41) is 4.27. The Bertz CT molecular complexity index is 969. The van der Waals surface area contributed by atoms with Crippen molar-refractivity contribution >= 4 is 27.8 Å². The number of furan rings is 1. The highest BCUT2D eigenvalue weighted by Gasteiger charge is 2.15. The summed E-state index contributed by atoms with van der Waals surface area (Å²) < 4.78 is 14.0. The number of rotatable bonds is 6. The maximum atomic E-state index is 12.4. The third-order valence-electron chi connectivity index (χ3n) is 4.01. The zero-order chi connectivity index (χ0) is 18.7. The van der Waals surface area contributed by atoms with E-state index in [9.17, 15) is 4.79 Å². The lowest BCUT2D eigenvalue weighted by Crippen LogP contribution is -1.99. The van der Waals surface area contributed by atoms with Crippen molar-refractivity contribution in [1.82, 2.24) is 9.78 Å². The maximum absolute atomic E-state index is 12.4. The molecule has 1 aromatic carbocycles. The smallest absolute Gasteiger partial charge is 0.189 e. The molecule has 0 fully saturated rings. The molecular weight excluding hydrogens is 396 g/mol. The summed E-state index contributed by atoms with van der Waals surface area (Å²) >= 11 is 3.41. The molecule has 5 nitrogen and oxygen atoms in total. The highest BCUT2D eigenvalue weighted by molar-refractivity contribution is 9.10. The zero-order valence-corrected chi connectivity index (χ0v) is 16.4. The van der Waals surface area contributed by atoms with Crippen molar-refractivity contribution in [3.05, 3.63) is 75.4 Å². The fraction of sp³-hybridized carbons (Fsp3) is 0.200. The molecule has 2 aromatic heterocycles. The van der Waals surface area contributed by atoms with Crippen LogP contribution in [0.3, 0.4) is 0 Å². The molecule has 2 heterocycles. The predicted octanol–water partition coefficient (Wildman–Crippen LogP) is 4.87. The van der Waals surface area contributed by atoms with Crippen molar-refractivity contribution < 1.29 is 13.9 Å². The van der Waals surface area contributed by atoms with Gasteiger partial charge in [0.25, 0.3) is 0 Å². The molecule has 3 aromatic rings. The molecule has 0 saturated carbocycles. The normalized spacial score (nSPS) is 11.2. The molecule has 0 unspecified atom stereocenters. The number of carbonyl (C=O) groups is 1. The van der Waals surface area contributed by atoms with Crippen molar-refractivity contribution in [3.8, 4) is 5.75 Å². The van der Waals surface area contributed by atoms with Crippen LogP contribution in [0.4, 0.5) is 0 Å². The van der Waals surface area contributed by atoms with E-state index in [2.05, 4.69) is 21.0 Å². The number of aryl methyl sites for hydroxylation is 2. The molecule has 26 heavy (non-hydrogen) atoms. The molecule has 0 amide bonds. The molecule has 0 bridgehead atoms. The first kappa shape index (κ1) is 18.2. The van der Waals surface area contributed by atoms with Crippen LogP contribution in [0.2, 0.25) is 0 Å². The second kappa shape index (κ2) is 7.74. The Morgan fingerprint density at radius 3 is 2.81 bits per heavy atom. The number of carbonyl (C=O) groups excluding carboxylic acids is 1. The van der Waals surface area contributed by atoms with E-state index >= 15 is 0 Å². The lowest BCUT2D eigenvalue weighted by molar-refractivity contribution is 0.104. The van der Waals surface area contributed by atoms with Gasteiger partial charge in [0.05, 0.1) is 11.3 Å². The Morgan fingerprint density at radius 2 is 2.12 bits per heavy atom. The van der Waals surface area contributed by atoms with Gasteiger partial charge in [-0.1, -0.05) is 22.0 Å². The van der Waals surface area contributed by atoms with Crippen molar-refractivity contribution in [2.45, 2.75) is 20.5 Å². The number of halogens is 1. The molecule has 6 heteroatoms. The minimum Gasteiger partial charge on any atom is -0.486 e. The van der Waals surface area contributed by atoms with Crippen LogP contribution < -0.4 is 4.74 Å². The Labute approximate surface area is 160 Å². The minimum atomic E-state index is -0.0866. The highest BCUT2D eigenvalue weighted by Crippen LogP contribution is 2.20. The van der Waals surface area contributed by atoms with Gasteiger partial charge in [-0.2, -0.15) is 5.10 Å². The monoisotopic (exact) mass is 414 g/mol. The van der Waals surface area contributed by atoms with Crippen molar-refractivity contribution in [1.29, 1.82) is 0 Å². The molecule has 3 rings (SSSR count). The fourth-order valence-corrected chi connectivity index (χ4v) is 3.02. The van der Waals surface area contributed by atoms with E-state index < -0.39 is 0 Å². The minimum absolute atomic E-state index is 0.0866. The van der Waals surface area contributed by atoms with E-state index in [1.165, 1.54) is 6.08 Å². The number of hydrogen-bond acceptors (Lipinski definition) is 4. The first-order chi connectivity index (χ1) is 12.4. The molecule has 0 aliphatic heterocycles. The summed E-state index contributed by atoms with van der Waals surface area (Å²) in [5.41, 5.74) is 2.20. The first-order valence-corrected chi connectivity index (χ1v) is 8.93. The van der Waals surface area contributed by atoms with Gasteiger partial charge >= 0.3 is 0 Å². The lowest BCUT2D eigenvalue weighted by atomic mass is 10.1. The fourth-order valence-electron chi connectivity index (χ4n) is 2.64. The van der Waals surface area contributed by atoms with Crippen LogP contribution in [0.25, 0.3) is 6.08 Å². The van der Waals surface area contributed by atoms with Crippen LogP contribution in [-0.2, 0) is 13.7 Å². The number of ether oxygens (including phenoxy) is 1. The molecule has 0 atom stereocenters. The number of aromatic nitrogens is 2. The van der Waals surface area contributed by atoms with Gasteiger partial charge in [0.2, 0.25) is 0 Å². The second-order valence-corrected chi connectivity index (χ2v) is 6.83. The average molecular weight is 415 g/mol. The van der Waals surface area contributed by atoms with Crippen LogP contribution in [0.15, 0.2) is 51.4 Å². The zero-order valence-electron chi connectivity index (χ0n) is 14.8. The first-order valence-electron chi connectivity index (χ1n) is 8.13. The van der Waals surface area contributed by atoms with E-state index in [0.717, 1.165) is 21.6 Å². The standard InChI is InChI=1S/C20H19BrN2O3/c1-13-20(14(2)23(3)22-13)19(24)10-9-16-7-8-18(26-16)12-25-17-6-4-5-15(21)11-17/h4-11H,12H2,1-3H3/b10-9+. The Balaban J connectivity index is 1.64. The summed E-state index contributed by atoms with van der Waals surface area (Å²) in [6.07, 6.45) is 3.17. The van der Waals surface area contributed by atoms with Crippen LogP contribution in [0.1, 0.15) is 33.3 Å². The largest absolute Gasteiger partial charge is 0.486 e. The average Bonchev–Trinajstić information content (AvgIpc) is 3.15. The Kier molecular flexibility index (Phi) is 5.42. The number of allylic oxidation sites excluding steroid dienone is 1. The molecule has 0 aliphatic carbocycles. The van der Waals surface area contributed by atoms with Crippen LogP contribution in [-0.4, -0.2) is 15.6 Å². The van der Waals surface area contributed by atoms with Crippen molar-refractivity contribution in [2.24, 2.45) is 7.05 Å². The van der Waals surface area contributed by atoms with Gasteiger partial charge in [-0.25, -0.2) is 0 Å². The van der Waals surface area contributed by atoms with Gasteiger partial charge in [-0.3, -0.25) is 9.48 Å². The lowest BCUT2D eigenvalue weighted by Gasteiger charge is -2.04. The summed E-state index contributed by atoms with van der Waals surface area (Å²) in [4.78, 5) is 12.4.